The summed E-state index contributed by atoms with van der Waals surface area (Å²) in [7, 11) is 0. The first-order valence-corrected chi connectivity index (χ1v) is 8.69. The summed E-state index contributed by atoms with van der Waals surface area (Å²) in [6.45, 7) is 3.67. The van der Waals surface area contributed by atoms with Crippen LogP contribution < -0.4 is 5.31 Å². The molecule has 0 amide bonds. The normalized spacial score (nSPS) is 57.1. The molecule has 2 unspecified atom stereocenters. The summed E-state index contributed by atoms with van der Waals surface area (Å²) in [5.74, 6) is 3.29. The van der Waals surface area contributed by atoms with Crippen molar-refractivity contribution < 1.29 is 1.41 Å². The number of nitrogens with one attached hydrogen (secondary N) is 1. The van der Waals surface area contributed by atoms with E-state index in [-0.39, 0.29) is 0 Å². The van der Waals surface area contributed by atoms with Crippen LogP contribution in [-0.4, -0.2) is 36.6 Å². The second kappa shape index (κ2) is 3.98. The fraction of sp³-hybridized carbons (Fsp3) is 1.00. The van der Waals surface area contributed by atoms with E-state index in [2.05, 4.69) is 4.90 Å². The lowest BCUT2D eigenvalue weighted by Crippen LogP contribution is -2.67. The Hall–Kier alpha value is -0.0800. The first-order valence-electron chi connectivity index (χ1n) is 9.13. The van der Waals surface area contributed by atoms with Crippen LogP contribution in [0.25, 0.3) is 0 Å². The van der Waals surface area contributed by atoms with Crippen LogP contribution in [0.5, 0.6) is 0 Å². The summed E-state index contributed by atoms with van der Waals surface area (Å²) in [5.41, 5.74) is 0.747. The van der Waals surface area contributed by atoms with Crippen LogP contribution in [0.1, 0.15) is 51.4 Å². The molecule has 2 heteroatoms. The third kappa shape index (κ3) is 1.90. The second-order valence-electron chi connectivity index (χ2n) is 8.62. The number of hydrogen-bond acceptors (Lipinski definition) is 2. The summed E-state index contributed by atoms with van der Waals surface area (Å²) >= 11 is 0. The van der Waals surface area contributed by atoms with Crippen molar-refractivity contribution in [1.29, 1.82) is 0 Å². The van der Waals surface area contributed by atoms with Crippen LogP contribution in [0.2, 0.25) is 1.41 Å². The van der Waals surface area contributed by atoms with E-state index in [1.54, 1.807) is 38.5 Å². The van der Waals surface area contributed by atoms with Gasteiger partial charge in [-0.15, -0.1) is 0 Å². The van der Waals surface area contributed by atoms with Gasteiger partial charge in [-0.05, 0) is 81.1 Å². The first-order chi connectivity index (χ1) is 9.69. The molecule has 19 heavy (non-hydrogen) atoms. The minimum absolute atomic E-state index is 0.560. The number of rotatable bonds is 3. The van der Waals surface area contributed by atoms with Gasteiger partial charge in [0.1, 0.15) is 1.41 Å². The lowest BCUT2D eigenvalue weighted by atomic mass is 9.49. The molecule has 3 heterocycles. The second-order valence-corrected chi connectivity index (χ2v) is 8.62. The highest BCUT2D eigenvalue weighted by Gasteiger charge is 2.50. The van der Waals surface area contributed by atoms with E-state index in [9.17, 15) is 0 Å². The van der Waals surface area contributed by atoms with E-state index in [1.165, 1.54) is 32.5 Å². The zero-order valence-electron chi connectivity index (χ0n) is 13.1. The summed E-state index contributed by atoms with van der Waals surface area (Å²) < 4.78 is 7.89. The lowest BCUT2D eigenvalue weighted by molar-refractivity contribution is -0.0642. The molecule has 4 aliphatic carbocycles. The van der Waals surface area contributed by atoms with E-state index in [0.29, 0.717) is 12.1 Å². The first kappa shape index (κ1) is 10.6. The monoisotopic (exact) mass is 261 g/mol. The quantitative estimate of drug-likeness (QED) is 0.840. The van der Waals surface area contributed by atoms with Crippen molar-refractivity contribution >= 4 is 0 Å². The number of nitrogens with zero attached hydrogens (tertiary/aromatic N) is 1. The van der Waals surface area contributed by atoms with Crippen LogP contribution >= 0.6 is 0 Å². The molecule has 4 saturated carbocycles. The molecule has 7 aliphatic rings. The molecule has 2 atom stereocenters. The summed E-state index contributed by atoms with van der Waals surface area (Å²) in [4.78, 5) is 2.68. The van der Waals surface area contributed by atoms with Gasteiger partial charge >= 0.3 is 0 Å². The van der Waals surface area contributed by atoms with Gasteiger partial charge in [0.25, 0.3) is 0 Å². The highest BCUT2D eigenvalue weighted by atomic mass is 15.3. The number of piperidine rings is 1. The van der Waals surface area contributed by atoms with E-state index in [0.717, 1.165) is 23.2 Å². The Labute approximate surface area is 118 Å². The van der Waals surface area contributed by atoms with Gasteiger partial charge in [0, 0.05) is 25.2 Å². The molecule has 0 aromatic rings. The summed E-state index contributed by atoms with van der Waals surface area (Å²) in [6.07, 6.45) is 12.1. The summed E-state index contributed by atoms with van der Waals surface area (Å²) in [5, 5.41) is 1.86. The molecule has 106 valence electrons. The molecule has 7 fully saturated rings. The Kier molecular flexibility index (Phi) is 2.22. The van der Waals surface area contributed by atoms with Crippen LogP contribution in [0.3, 0.4) is 0 Å². The van der Waals surface area contributed by atoms with Crippen LogP contribution in [0.4, 0.5) is 0 Å². The maximum absolute atomic E-state index is 7.89. The third-order valence-corrected chi connectivity index (χ3v) is 7.03. The predicted octanol–water partition coefficient (Wildman–Crippen LogP) is 2.64. The van der Waals surface area contributed by atoms with Crippen LogP contribution in [-0.2, 0) is 0 Å². The van der Waals surface area contributed by atoms with Crippen molar-refractivity contribution in [2.45, 2.75) is 63.5 Å². The summed E-state index contributed by atoms with van der Waals surface area (Å²) in [6, 6.07) is 1.12. The maximum atomic E-state index is 7.89. The van der Waals surface area contributed by atoms with Gasteiger partial charge in [-0.3, -0.25) is 0 Å². The van der Waals surface area contributed by atoms with Crippen molar-refractivity contribution in [3.63, 3.8) is 0 Å². The lowest BCUT2D eigenvalue weighted by Gasteiger charge is -2.58. The Bertz CT molecular complexity index is 363. The fourth-order valence-corrected chi connectivity index (χ4v) is 6.68. The SMILES string of the molecule is [2H]N1C2CC1CN(CCC13CC4CC(CC(C4)C1)C3)C2. The topological polar surface area (TPSA) is 15.3 Å². The van der Waals surface area contributed by atoms with Crippen molar-refractivity contribution in [2.24, 2.45) is 23.2 Å². The number of hydrogen-bond donors (Lipinski definition) is 1. The predicted molar refractivity (Wildman–Crippen MR) is 77.0 cm³/mol. The average molecular weight is 261 g/mol. The number of piperazine rings is 1. The Balaban J connectivity index is 1.22. The van der Waals surface area contributed by atoms with Gasteiger partial charge < -0.3 is 10.2 Å². The minimum Gasteiger partial charge on any atom is -0.309 e. The van der Waals surface area contributed by atoms with E-state index < -0.39 is 0 Å². The van der Waals surface area contributed by atoms with Crippen molar-refractivity contribution in [3.8, 4) is 0 Å². The van der Waals surface area contributed by atoms with Gasteiger partial charge in [-0.1, -0.05) is 0 Å². The largest absolute Gasteiger partial charge is 0.309 e. The minimum atomic E-state index is 0.560. The molecule has 2 nitrogen and oxygen atoms in total. The van der Waals surface area contributed by atoms with Crippen LogP contribution in [0, 0.1) is 23.2 Å². The zero-order chi connectivity index (χ0) is 13.3. The van der Waals surface area contributed by atoms with Gasteiger partial charge in [-0.2, -0.15) is 0 Å². The molecule has 0 aromatic carbocycles. The standard InChI is InChI=1S/C17H28N2/c1(2-19-10-15-6-16(11-19)18-15)17-7-12-3-13(8-17)5-14(4-12)9-17/h12-16,18H,1-11H2/i/hD. The van der Waals surface area contributed by atoms with E-state index >= 15 is 0 Å². The Morgan fingerprint density at radius 1 is 0.947 bits per heavy atom. The van der Waals surface area contributed by atoms with Crippen molar-refractivity contribution in [1.82, 2.24) is 10.2 Å². The van der Waals surface area contributed by atoms with E-state index in [4.69, 9.17) is 1.41 Å². The molecule has 0 radical (unpaired) electrons. The highest BCUT2D eigenvalue weighted by molar-refractivity contribution is 5.02. The Morgan fingerprint density at radius 3 is 2.05 bits per heavy atom. The molecule has 1 N–H and O–H groups in total. The molecular formula is C17H28N2. The molecular weight excluding hydrogens is 232 g/mol. The van der Waals surface area contributed by atoms with Crippen molar-refractivity contribution in [3.05, 3.63) is 0 Å². The third-order valence-electron chi connectivity index (χ3n) is 7.03. The average Bonchev–Trinajstić information content (AvgIpc) is 2.43. The number of fused-ring (bicyclic) bond motifs is 2. The molecule has 3 aliphatic heterocycles. The zero-order valence-corrected chi connectivity index (χ0v) is 12.1. The molecule has 6 bridgehead atoms. The van der Waals surface area contributed by atoms with Gasteiger partial charge in [0.05, 0.1) is 0 Å². The van der Waals surface area contributed by atoms with Gasteiger partial charge in [0.2, 0.25) is 0 Å². The highest BCUT2D eigenvalue weighted by Crippen LogP contribution is 2.61. The molecule has 0 spiro atoms. The van der Waals surface area contributed by atoms with Gasteiger partial charge in [0.15, 0.2) is 0 Å². The fourth-order valence-electron chi connectivity index (χ4n) is 6.68. The molecule has 3 saturated heterocycles. The molecule has 7 rings (SSSR count). The maximum Gasteiger partial charge on any atom is 0.123 e. The smallest absolute Gasteiger partial charge is 0.123 e. The van der Waals surface area contributed by atoms with Crippen molar-refractivity contribution in [2.75, 3.05) is 19.6 Å². The Morgan fingerprint density at radius 2 is 1.53 bits per heavy atom. The van der Waals surface area contributed by atoms with Gasteiger partial charge in [-0.25, -0.2) is 0 Å². The van der Waals surface area contributed by atoms with E-state index in [1.807, 2.05) is 5.31 Å². The molecule has 0 aromatic heterocycles. The van der Waals surface area contributed by atoms with Crippen LogP contribution in [0.15, 0.2) is 0 Å².